The van der Waals surface area contributed by atoms with Crippen molar-refractivity contribution in [3.05, 3.63) is 35.9 Å². The molecule has 1 atom stereocenters. The predicted octanol–water partition coefficient (Wildman–Crippen LogP) is 2.27. The Balaban J connectivity index is 2.15. The molecule has 0 spiro atoms. The number of amides is 1. The molecular weight excluding hydrogens is 216 g/mol. The molecular formula is C13H18N2O2. The van der Waals surface area contributed by atoms with E-state index in [0.717, 1.165) is 31.5 Å². The number of rotatable bonds is 3. The second-order valence-electron chi connectivity index (χ2n) is 4.30. The van der Waals surface area contributed by atoms with Crippen LogP contribution in [0.2, 0.25) is 0 Å². The molecule has 1 unspecified atom stereocenters. The van der Waals surface area contributed by atoms with E-state index < -0.39 is 6.09 Å². The quantitative estimate of drug-likeness (QED) is 0.872. The Kier molecular flexibility index (Phi) is 3.98. The summed E-state index contributed by atoms with van der Waals surface area (Å²) in [5, 5.41) is 0. The molecule has 2 N–H and O–H groups in total. The van der Waals surface area contributed by atoms with Gasteiger partial charge in [-0.05, 0) is 12.8 Å². The van der Waals surface area contributed by atoms with Crippen LogP contribution in [0.4, 0.5) is 4.79 Å². The summed E-state index contributed by atoms with van der Waals surface area (Å²) in [5.41, 5.74) is 6.13. The molecule has 1 amide bonds. The summed E-state index contributed by atoms with van der Waals surface area (Å²) in [5.74, 6) is 0. The topological polar surface area (TPSA) is 55.6 Å². The van der Waals surface area contributed by atoms with Gasteiger partial charge in [-0.1, -0.05) is 36.8 Å². The number of carbonyl (C=O) groups is 1. The van der Waals surface area contributed by atoms with Crippen LogP contribution in [0.3, 0.4) is 0 Å². The van der Waals surface area contributed by atoms with Crippen molar-refractivity contribution in [1.82, 2.24) is 4.90 Å². The van der Waals surface area contributed by atoms with E-state index in [1.54, 1.807) is 0 Å². The van der Waals surface area contributed by atoms with Crippen molar-refractivity contribution in [2.24, 2.45) is 5.73 Å². The van der Waals surface area contributed by atoms with Gasteiger partial charge in [0, 0.05) is 18.7 Å². The second kappa shape index (κ2) is 5.68. The molecule has 1 heterocycles. The van der Waals surface area contributed by atoms with Gasteiger partial charge in [0.15, 0.2) is 6.23 Å². The number of carbonyl (C=O) groups excluding carboxylic acids is 1. The lowest BCUT2D eigenvalue weighted by atomic mass is 10.1. The highest BCUT2D eigenvalue weighted by Crippen LogP contribution is 2.25. The van der Waals surface area contributed by atoms with Crippen LogP contribution in [0, 0.1) is 0 Å². The molecule has 2 rings (SSSR count). The Labute approximate surface area is 101 Å². The molecule has 1 aliphatic rings. The fourth-order valence-corrected chi connectivity index (χ4v) is 2.23. The fourth-order valence-electron chi connectivity index (χ4n) is 2.23. The highest BCUT2D eigenvalue weighted by molar-refractivity contribution is 5.65. The van der Waals surface area contributed by atoms with Gasteiger partial charge in [-0.2, -0.15) is 0 Å². The number of likely N-dealkylation sites (tertiary alicyclic amines) is 1. The lowest BCUT2D eigenvalue weighted by Crippen LogP contribution is -2.37. The molecule has 1 fully saturated rings. The van der Waals surface area contributed by atoms with Crippen LogP contribution in [0.25, 0.3) is 0 Å². The minimum atomic E-state index is -0.718. The molecule has 0 saturated carbocycles. The average Bonchev–Trinajstić information content (AvgIpc) is 2.38. The first-order chi connectivity index (χ1) is 8.27. The summed E-state index contributed by atoms with van der Waals surface area (Å²) in [7, 11) is 0. The zero-order valence-corrected chi connectivity index (χ0v) is 9.84. The molecule has 1 aromatic carbocycles. The number of nitrogens with two attached hydrogens (primary N) is 1. The number of nitrogens with zero attached hydrogens (tertiary/aromatic N) is 1. The predicted molar refractivity (Wildman–Crippen MR) is 65.3 cm³/mol. The summed E-state index contributed by atoms with van der Waals surface area (Å²) in [4.78, 5) is 13.2. The molecule has 0 aliphatic carbocycles. The third-order valence-electron chi connectivity index (χ3n) is 3.03. The normalized spacial score (nSPS) is 18.6. The Morgan fingerprint density at radius 3 is 2.41 bits per heavy atom. The number of primary amides is 1. The summed E-state index contributed by atoms with van der Waals surface area (Å²) in [6, 6.07) is 9.75. The fraction of sp³-hybridized carbons (Fsp3) is 0.462. The number of piperidine rings is 1. The number of hydrogen-bond acceptors (Lipinski definition) is 3. The molecule has 4 heteroatoms. The van der Waals surface area contributed by atoms with E-state index in [9.17, 15) is 4.79 Å². The molecule has 1 saturated heterocycles. The molecule has 17 heavy (non-hydrogen) atoms. The summed E-state index contributed by atoms with van der Waals surface area (Å²) < 4.78 is 5.24. The smallest absolute Gasteiger partial charge is 0.406 e. The van der Waals surface area contributed by atoms with Crippen molar-refractivity contribution in [2.75, 3.05) is 13.1 Å². The Morgan fingerprint density at radius 2 is 1.82 bits per heavy atom. The van der Waals surface area contributed by atoms with Gasteiger partial charge in [0.2, 0.25) is 0 Å². The summed E-state index contributed by atoms with van der Waals surface area (Å²) >= 11 is 0. The minimum absolute atomic E-state index is 0.339. The minimum Gasteiger partial charge on any atom is -0.426 e. The highest BCUT2D eigenvalue weighted by Gasteiger charge is 2.24. The molecule has 0 radical (unpaired) electrons. The van der Waals surface area contributed by atoms with Crippen LogP contribution < -0.4 is 5.73 Å². The maximum Gasteiger partial charge on any atom is 0.406 e. The van der Waals surface area contributed by atoms with Gasteiger partial charge in [-0.15, -0.1) is 0 Å². The molecule has 1 aromatic rings. The summed E-state index contributed by atoms with van der Waals surface area (Å²) in [6.07, 6.45) is 2.48. The van der Waals surface area contributed by atoms with Crippen LogP contribution in [0.1, 0.15) is 31.1 Å². The number of ether oxygens (including phenoxy) is 1. The lowest BCUT2D eigenvalue weighted by molar-refractivity contribution is -0.0213. The first-order valence-corrected chi connectivity index (χ1v) is 6.02. The van der Waals surface area contributed by atoms with Crippen molar-refractivity contribution in [1.29, 1.82) is 0 Å². The largest absolute Gasteiger partial charge is 0.426 e. The molecule has 4 nitrogen and oxygen atoms in total. The van der Waals surface area contributed by atoms with E-state index >= 15 is 0 Å². The van der Waals surface area contributed by atoms with Crippen molar-refractivity contribution < 1.29 is 9.53 Å². The van der Waals surface area contributed by atoms with Gasteiger partial charge in [0.25, 0.3) is 0 Å². The van der Waals surface area contributed by atoms with Crippen molar-refractivity contribution in [3.63, 3.8) is 0 Å². The maximum atomic E-state index is 11.0. The van der Waals surface area contributed by atoms with Gasteiger partial charge in [-0.3, -0.25) is 4.90 Å². The highest BCUT2D eigenvalue weighted by atomic mass is 16.6. The number of benzene rings is 1. The van der Waals surface area contributed by atoms with Gasteiger partial charge in [-0.25, -0.2) is 4.79 Å². The monoisotopic (exact) mass is 234 g/mol. The zero-order valence-electron chi connectivity index (χ0n) is 9.84. The third-order valence-corrected chi connectivity index (χ3v) is 3.03. The van der Waals surface area contributed by atoms with E-state index in [2.05, 4.69) is 4.90 Å². The summed E-state index contributed by atoms with van der Waals surface area (Å²) in [6.45, 7) is 1.90. The van der Waals surface area contributed by atoms with Crippen molar-refractivity contribution in [3.8, 4) is 0 Å². The SMILES string of the molecule is NC(=O)OC(c1ccccc1)N1CCCCC1. The van der Waals surface area contributed by atoms with Crippen LogP contribution in [-0.2, 0) is 4.74 Å². The van der Waals surface area contributed by atoms with Crippen molar-refractivity contribution >= 4 is 6.09 Å². The lowest BCUT2D eigenvalue weighted by Gasteiger charge is -2.33. The first-order valence-electron chi connectivity index (χ1n) is 6.02. The second-order valence-corrected chi connectivity index (χ2v) is 4.30. The third kappa shape index (κ3) is 3.20. The van der Waals surface area contributed by atoms with Gasteiger partial charge in [0.1, 0.15) is 0 Å². The first kappa shape index (κ1) is 11.9. The average molecular weight is 234 g/mol. The van der Waals surface area contributed by atoms with E-state index in [0.29, 0.717) is 0 Å². The molecule has 0 bridgehead atoms. The van der Waals surface area contributed by atoms with Crippen molar-refractivity contribution in [2.45, 2.75) is 25.5 Å². The van der Waals surface area contributed by atoms with Gasteiger partial charge in [0.05, 0.1) is 0 Å². The Morgan fingerprint density at radius 1 is 1.18 bits per heavy atom. The van der Waals surface area contributed by atoms with Crippen LogP contribution in [0.15, 0.2) is 30.3 Å². The molecule has 92 valence electrons. The molecule has 1 aliphatic heterocycles. The standard InChI is InChI=1S/C13H18N2O2/c14-13(16)17-12(11-7-3-1-4-8-11)15-9-5-2-6-10-15/h1,3-4,7-8,12H,2,5-6,9-10H2,(H2,14,16). The van der Waals surface area contributed by atoms with Crippen LogP contribution >= 0.6 is 0 Å². The molecule has 0 aromatic heterocycles. The van der Waals surface area contributed by atoms with Crippen LogP contribution in [-0.4, -0.2) is 24.1 Å². The maximum absolute atomic E-state index is 11.0. The van der Waals surface area contributed by atoms with E-state index in [1.165, 1.54) is 6.42 Å². The van der Waals surface area contributed by atoms with Gasteiger partial charge < -0.3 is 10.5 Å². The number of hydrogen-bond donors (Lipinski definition) is 1. The van der Waals surface area contributed by atoms with E-state index in [-0.39, 0.29) is 6.23 Å². The Bertz CT molecular complexity index is 361. The Hall–Kier alpha value is -1.55. The van der Waals surface area contributed by atoms with Crippen LogP contribution in [0.5, 0.6) is 0 Å². The van der Waals surface area contributed by atoms with E-state index in [4.69, 9.17) is 10.5 Å². The van der Waals surface area contributed by atoms with Gasteiger partial charge >= 0.3 is 6.09 Å². The zero-order chi connectivity index (χ0) is 12.1. The van der Waals surface area contributed by atoms with E-state index in [1.807, 2.05) is 30.3 Å².